The Morgan fingerprint density at radius 3 is 2.65 bits per heavy atom. The predicted molar refractivity (Wildman–Crippen MR) is 89.9 cm³/mol. The van der Waals surface area contributed by atoms with Crippen molar-refractivity contribution < 1.29 is 4.74 Å². The normalized spacial score (nSPS) is 14.1. The van der Waals surface area contributed by atoms with Crippen molar-refractivity contribution in [2.24, 2.45) is 5.73 Å². The Morgan fingerprint density at radius 1 is 1.35 bits per heavy atom. The van der Waals surface area contributed by atoms with E-state index in [4.69, 9.17) is 22.1 Å². The van der Waals surface area contributed by atoms with Gasteiger partial charge in [0.05, 0.1) is 3.79 Å². The predicted octanol–water partition coefficient (Wildman–Crippen LogP) is 5.19. The molecule has 1 aromatic carbocycles. The van der Waals surface area contributed by atoms with E-state index in [0.717, 1.165) is 31.4 Å². The Kier molecular flexibility index (Phi) is 5.49. The minimum Gasteiger partial charge on any atom is -0.483 e. The summed E-state index contributed by atoms with van der Waals surface area (Å²) < 4.78 is 7.15. The molecular weight excluding hydrogens is 358 g/mol. The van der Waals surface area contributed by atoms with Gasteiger partial charge in [0, 0.05) is 15.9 Å². The quantitative estimate of drug-likeness (QED) is 0.781. The number of rotatable bonds is 5. The van der Waals surface area contributed by atoms with Gasteiger partial charge in [0.1, 0.15) is 11.9 Å². The summed E-state index contributed by atoms with van der Waals surface area (Å²) in [7, 11) is 0. The van der Waals surface area contributed by atoms with Crippen LogP contribution in [0.5, 0.6) is 5.75 Å². The second kappa shape index (κ2) is 6.94. The average Bonchev–Trinajstić information content (AvgIpc) is 2.83. The average molecular weight is 375 g/mol. The molecular formula is C15H17BrClNOS. The van der Waals surface area contributed by atoms with E-state index in [2.05, 4.69) is 22.9 Å². The van der Waals surface area contributed by atoms with Crippen LogP contribution in [0, 0.1) is 0 Å². The first kappa shape index (κ1) is 15.8. The van der Waals surface area contributed by atoms with Gasteiger partial charge in [-0.15, -0.1) is 11.3 Å². The molecule has 2 atom stereocenters. The van der Waals surface area contributed by atoms with Crippen LogP contribution in [-0.4, -0.2) is 6.04 Å². The third-order valence-electron chi connectivity index (χ3n) is 3.01. The van der Waals surface area contributed by atoms with Crippen LogP contribution in [0.1, 0.15) is 30.4 Å². The van der Waals surface area contributed by atoms with E-state index in [1.165, 1.54) is 0 Å². The first-order valence-electron chi connectivity index (χ1n) is 6.47. The summed E-state index contributed by atoms with van der Waals surface area (Å²) in [5.41, 5.74) is 7.15. The smallest absolute Gasteiger partial charge is 0.148 e. The summed E-state index contributed by atoms with van der Waals surface area (Å²) in [5.74, 6) is 0.804. The first-order valence-corrected chi connectivity index (χ1v) is 8.46. The molecule has 108 valence electrons. The van der Waals surface area contributed by atoms with E-state index >= 15 is 0 Å². The van der Waals surface area contributed by atoms with Gasteiger partial charge in [-0.05, 0) is 65.2 Å². The van der Waals surface area contributed by atoms with Gasteiger partial charge in [0.15, 0.2) is 0 Å². The number of ether oxygens (including phenoxy) is 1. The van der Waals surface area contributed by atoms with Gasteiger partial charge in [-0.3, -0.25) is 0 Å². The largest absolute Gasteiger partial charge is 0.483 e. The molecule has 0 bridgehead atoms. The monoisotopic (exact) mass is 373 g/mol. The van der Waals surface area contributed by atoms with Crippen LogP contribution >= 0.6 is 38.9 Å². The first-order chi connectivity index (χ1) is 9.51. The molecule has 0 saturated heterocycles. The zero-order chi connectivity index (χ0) is 14.7. The van der Waals surface area contributed by atoms with E-state index in [1.807, 2.05) is 37.3 Å². The van der Waals surface area contributed by atoms with Crippen LogP contribution in [-0.2, 0) is 6.42 Å². The zero-order valence-corrected chi connectivity index (χ0v) is 14.6. The van der Waals surface area contributed by atoms with E-state index in [1.54, 1.807) is 11.3 Å². The van der Waals surface area contributed by atoms with Crippen LogP contribution in [0.2, 0.25) is 5.02 Å². The van der Waals surface area contributed by atoms with Gasteiger partial charge < -0.3 is 10.5 Å². The van der Waals surface area contributed by atoms with Crippen molar-refractivity contribution in [3.8, 4) is 5.75 Å². The van der Waals surface area contributed by atoms with Gasteiger partial charge in [0.25, 0.3) is 0 Å². The number of aryl methyl sites for hydroxylation is 1. The summed E-state index contributed by atoms with van der Waals surface area (Å²) in [6.45, 7) is 4.03. The molecule has 0 aliphatic rings. The fourth-order valence-corrected chi connectivity index (χ4v) is 3.77. The van der Waals surface area contributed by atoms with Crippen LogP contribution in [0.4, 0.5) is 0 Å². The van der Waals surface area contributed by atoms with E-state index < -0.39 is 0 Å². The highest BCUT2D eigenvalue weighted by atomic mass is 79.9. The van der Waals surface area contributed by atoms with Crippen molar-refractivity contribution in [1.29, 1.82) is 0 Å². The molecule has 5 heteroatoms. The minimum atomic E-state index is -0.155. The van der Waals surface area contributed by atoms with Gasteiger partial charge in [-0.25, -0.2) is 0 Å². The molecule has 0 aliphatic carbocycles. The lowest BCUT2D eigenvalue weighted by molar-refractivity contribution is 0.184. The molecule has 1 aromatic heterocycles. The second-order valence-electron chi connectivity index (χ2n) is 4.65. The molecule has 2 unspecified atom stereocenters. The second-order valence-corrected chi connectivity index (χ2v) is 7.55. The number of benzene rings is 1. The Balaban J connectivity index is 2.24. The van der Waals surface area contributed by atoms with Crippen LogP contribution in [0.25, 0.3) is 0 Å². The van der Waals surface area contributed by atoms with Gasteiger partial charge in [-0.2, -0.15) is 0 Å². The Morgan fingerprint density at radius 2 is 2.10 bits per heavy atom. The van der Waals surface area contributed by atoms with Crippen molar-refractivity contribution in [1.82, 2.24) is 0 Å². The maximum absolute atomic E-state index is 6.13. The van der Waals surface area contributed by atoms with Crippen molar-refractivity contribution in [2.45, 2.75) is 32.4 Å². The minimum absolute atomic E-state index is 0.0960. The number of hydrogen-bond donors (Lipinski definition) is 1. The lowest BCUT2D eigenvalue weighted by Crippen LogP contribution is -2.28. The Bertz CT molecular complexity index is 585. The summed E-state index contributed by atoms with van der Waals surface area (Å²) in [5, 5.41) is 0.774. The standard InChI is InChI=1S/C15H17BrClNOS/c1-3-10-8-11(4-5-12(10)17)19-15(9(2)18)13-6-7-14(16)20-13/h4-9,15H,3,18H2,1-2H3. The number of hydrogen-bond acceptors (Lipinski definition) is 3. The third kappa shape index (κ3) is 3.76. The summed E-state index contributed by atoms with van der Waals surface area (Å²) in [6, 6.07) is 9.71. The number of thiophene rings is 1. The Hall–Kier alpha value is -0.550. The van der Waals surface area contributed by atoms with E-state index in [9.17, 15) is 0 Å². The molecule has 0 fully saturated rings. The number of halogens is 2. The van der Waals surface area contributed by atoms with Crippen LogP contribution in [0.3, 0.4) is 0 Å². The maximum Gasteiger partial charge on any atom is 0.148 e. The molecule has 0 radical (unpaired) electrons. The third-order valence-corrected chi connectivity index (χ3v) is 5.07. The highest BCUT2D eigenvalue weighted by molar-refractivity contribution is 9.11. The lowest BCUT2D eigenvalue weighted by atomic mass is 10.1. The van der Waals surface area contributed by atoms with E-state index in [-0.39, 0.29) is 12.1 Å². The topological polar surface area (TPSA) is 35.2 Å². The molecule has 1 heterocycles. The molecule has 2 nitrogen and oxygen atoms in total. The van der Waals surface area contributed by atoms with Crippen molar-refractivity contribution in [2.75, 3.05) is 0 Å². The fourth-order valence-electron chi connectivity index (χ4n) is 1.95. The highest BCUT2D eigenvalue weighted by Gasteiger charge is 2.20. The van der Waals surface area contributed by atoms with Crippen molar-refractivity contribution >= 4 is 38.9 Å². The van der Waals surface area contributed by atoms with Gasteiger partial charge >= 0.3 is 0 Å². The lowest BCUT2D eigenvalue weighted by Gasteiger charge is -2.22. The molecule has 0 spiro atoms. The van der Waals surface area contributed by atoms with Crippen molar-refractivity contribution in [3.05, 3.63) is 49.6 Å². The summed E-state index contributed by atoms with van der Waals surface area (Å²) in [4.78, 5) is 1.11. The molecule has 20 heavy (non-hydrogen) atoms. The van der Waals surface area contributed by atoms with Crippen LogP contribution in [0.15, 0.2) is 34.1 Å². The summed E-state index contributed by atoms with van der Waals surface area (Å²) in [6.07, 6.45) is 0.723. The Labute approximate surface area is 137 Å². The van der Waals surface area contributed by atoms with E-state index in [0.29, 0.717) is 0 Å². The van der Waals surface area contributed by atoms with Gasteiger partial charge in [0.2, 0.25) is 0 Å². The maximum atomic E-state index is 6.13. The molecule has 0 amide bonds. The summed E-state index contributed by atoms with van der Waals surface area (Å²) >= 11 is 11.2. The molecule has 2 rings (SSSR count). The molecule has 2 N–H and O–H groups in total. The molecule has 0 aliphatic heterocycles. The van der Waals surface area contributed by atoms with Crippen molar-refractivity contribution in [3.63, 3.8) is 0 Å². The zero-order valence-electron chi connectivity index (χ0n) is 11.4. The van der Waals surface area contributed by atoms with Crippen LogP contribution < -0.4 is 10.5 Å². The highest BCUT2D eigenvalue weighted by Crippen LogP contribution is 2.33. The SMILES string of the molecule is CCc1cc(OC(c2ccc(Br)s2)C(C)N)ccc1Cl. The fraction of sp³-hybridized carbons (Fsp3) is 0.333. The number of nitrogens with two attached hydrogens (primary N) is 1. The molecule has 2 aromatic rings. The van der Waals surface area contributed by atoms with Gasteiger partial charge in [-0.1, -0.05) is 18.5 Å². The molecule has 0 saturated carbocycles.